The van der Waals surface area contributed by atoms with Crippen LogP contribution in [-0.2, 0) is 13.1 Å². The molecule has 1 aromatic heterocycles. The highest BCUT2D eigenvalue weighted by molar-refractivity contribution is 6.10. The fourth-order valence-corrected chi connectivity index (χ4v) is 3.59. The van der Waals surface area contributed by atoms with Crippen molar-refractivity contribution in [2.75, 3.05) is 5.32 Å². The van der Waals surface area contributed by atoms with E-state index in [0.29, 0.717) is 24.0 Å². The highest BCUT2D eigenvalue weighted by atomic mass is 16.1. The molecule has 0 spiro atoms. The maximum absolute atomic E-state index is 12.9. The Hall–Kier alpha value is -3.41. The van der Waals surface area contributed by atoms with Crippen LogP contribution in [0.3, 0.4) is 0 Å². The van der Waals surface area contributed by atoms with Crippen molar-refractivity contribution < 1.29 is 4.79 Å². The molecule has 0 unspecified atom stereocenters. The first-order valence-corrected chi connectivity index (χ1v) is 11.1. The molecule has 0 radical (unpaired) electrons. The van der Waals surface area contributed by atoms with Crippen LogP contribution in [0.15, 0.2) is 53.5 Å². The molecule has 0 aliphatic carbocycles. The van der Waals surface area contributed by atoms with Crippen LogP contribution in [0.25, 0.3) is 0 Å². The minimum atomic E-state index is -0.198. The lowest BCUT2D eigenvalue weighted by Gasteiger charge is -2.13. The molecule has 6 heteroatoms. The molecule has 1 heterocycles. The number of nitrogens with one attached hydrogen (secondary N) is 2. The van der Waals surface area contributed by atoms with Gasteiger partial charge in [-0.3, -0.25) is 14.8 Å². The van der Waals surface area contributed by atoms with Gasteiger partial charge in [-0.1, -0.05) is 43.7 Å². The van der Waals surface area contributed by atoms with Crippen LogP contribution in [-0.4, -0.2) is 21.6 Å². The third-order valence-corrected chi connectivity index (χ3v) is 5.58. The normalized spacial score (nSPS) is 11.7. The van der Waals surface area contributed by atoms with Crippen molar-refractivity contribution in [2.24, 2.45) is 4.99 Å². The molecule has 3 rings (SSSR count). The monoisotopic (exact) mass is 431 g/mol. The molecule has 2 N–H and O–H groups in total. The molecule has 0 aliphatic rings. The molecule has 32 heavy (non-hydrogen) atoms. The first-order valence-electron chi connectivity index (χ1n) is 11.1. The summed E-state index contributed by atoms with van der Waals surface area (Å²) in [5.74, 6) is 0.674. The Morgan fingerprint density at radius 1 is 1.09 bits per heavy atom. The number of aliphatic imine (C=N–C) groups is 1. The highest BCUT2D eigenvalue weighted by Crippen LogP contribution is 2.18. The summed E-state index contributed by atoms with van der Waals surface area (Å²) < 4.78 is 1.98. The molecule has 168 valence electrons. The fourth-order valence-electron chi connectivity index (χ4n) is 3.59. The van der Waals surface area contributed by atoms with Gasteiger partial charge in [-0.2, -0.15) is 5.10 Å². The second kappa shape index (κ2) is 10.3. The van der Waals surface area contributed by atoms with Crippen molar-refractivity contribution in [1.29, 1.82) is 0 Å². The molecule has 0 saturated heterocycles. The van der Waals surface area contributed by atoms with E-state index in [1.54, 1.807) is 6.07 Å². The summed E-state index contributed by atoms with van der Waals surface area (Å²) in [5, 5.41) is 10.8. The van der Waals surface area contributed by atoms with Gasteiger partial charge in [0, 0.05) is 29.1 Å². The van der Waals surface area contributed by atoms with Gasteiger partial charge in [-0.15, -0.1) is 0 Å². The minimum absolute atomic E-state index is 0.198. The molecule has 0 bridgehead atoms. The van der Waals surface area contributed by atoms with Gasteiger partial charge in [0.05, 0.1) is 12.2 Å². The number of aryl methyl sites for hydroxylation is 3. The quantitative estimate of drug-likeness (QED) is 0.408. The second-order valence-electron chi connectivity index (χ2n) is 8.36. The maximum atomic E-state index is 12.9. The number of hydrogen-bond acceptors (Lipinski definition) is 3. The molecule has 3 aromatic rings. The van der Waals surface area contributed by atoms with E-state index in [1.807, 2.05) is 48.9 Å². The lowest BCUT2D eigenvalue weighted by atomic mass is 10.0. The van der Waals surface area contributed by atoms with Crippen LogP contribution in [0.5, 0.6) is 0 Å². The van der Waals surface area contributed by atoms with E-state index in [0.717, 1.165) is 34.7 Å². The van der Waals surface area contributed by atoms with Crippen molar-refractivity contribution in [2.45, 2.75) is 60.5 Å². The van der Waals surface area contributed by atoms with E-state index in [1.165, 1.54) is 5.56 Å². The van der Waals surface area contributed by atoms with Gasteiger partial charge < -0.3 is 5.32 Å². The Labute approximate surface area is 190 Å². The zero-order valence-corrected chi connectivity index (χ0v) is 19.9. The summed E-state index contributed by atoms with van der Waals surface area (Å²) in [7, 11) is 0. The van der Waals surface area contributed by atoms with Crippen LogP contribution < -0.4 is 10.6 Å². The number of carbonyl (C=O) groups is 1. The first-order chi connectivity index (χ1) is 15.3. The number of nitrogens with zero attached hydrogens (tertiary/aromatic N) is 3. The van der Waals surface area contributed by atoms with Gasteiger partial charge in [0.2, 0.25) is 5.96 Å². The Morgan fingerprint density at radius 3 is 2.41 bits per heavy atom. The van der Waals surface area contributed by atoms with Gasteiger partial charge in [-0.05, 0) is 63.4 Å². The fraction of sp³-hybridized carbons (Fsp3) is 0.346. The van der Waals surface area contributed by atoms with Gasteiger partial charge in [-0.25, -0.2) is 4.99 Å². The molecule has 0 aliphatic heterocycles. The number of hydrogen-bond donors (Lipinski definition) is 2. The van der Waals surface area contributed by atoms with Crippen LogP contribution in [0, 0.1) is 20.8 Å². The third-order valence-electron chi connectivity index (χ3n) is 5.58. The predicted molar refractivity (Wildman–Crippen MR) is 131 cm³/mol. The Kier molecular flexibility index (Phi) is 7.46. The van der Waals surface area contributed by atoms with Crippen LogP contribution >= 0.6 is 0 Å². The van der Waals surface area contributed by atoms with Crippen LogP contribution in [0.1, 0.15) is 65.1 Å². The predicted octanol–water partition coefficient (Wildman–Crippen LogP) is 5.35. The number of rotatable bonds is 6. The van der Waals surface area contributed by atoms with E-state index in [9.17, 15) is 4.79 Å². The number of anilines is 1. The van der Waals surface area contributed by atoms with E-state index >= 15 is 0 Å². The highest BCUT2D eigenvalue weighted by Gasteiger charge is 2.13. The van der Waals surface area contributed by atoms with Crippen molar-refractivity contribution in [1.82, 2.24) is 15.1 Å². The van der Waals surface area contributed by atoms with E-state index in [2.05, 4.69) is 55.6 Å². The van der Waals surface area contributed by atoms with Crippen molar-refractivity contribution in [3.05, 3.63) is 82.2 Å². The molecule has 2 aromatic carbocycles. The molecular weight excluding hydrogens is 398 g/mol. The van der Waals surface area contributed by atoms with Crippen molar-refractivity contribution in [3.63, 3.8) is 0 Å². The van der Waals surface area contributed by atoms with Crippen LogP contribution in [0.2, 0.25) is 0 Å². The van der Waals surface area contributed by atoms with Gasteiger partial charge >= 0.3 is 0 Å². The largest absolute Gasteiger partial charge is 0.326 e. The van der Waals surface area contributed by atoms with Gasteiger partial charge in [0.15, 0.2) is 0 Å². The Morgan fingerprint density at radius 2 is 1.81 bits per heavy atom. The van der Waals surface area contributed by atoms with Crippen molar-refractivity contribution >= 4 is 17.6 Å². The first kappa shape index (κ1) is 23.3. The van der Waals surface area contributed by atoms with E-state index in [4.69, 9.17) is 4.99 Å². The second-order valence-corrected chi connectivity index (χ2v) is 8.36. The number of guanidine groups is 1. The zero-order chi connectivity index (χ0) is 23.3. The van der Waals surface area contributed by atoms with Crippen molar-refractivity contribution in [3.8, 4) is 0 Å². The van der Waals surface area contributed by atoms with Gasteiger partial charge in [0.1, 0.15) is 0 Å². The molecule has 0 saturated carbocycles. The number of aromatic nitrogens is 2. The lowest BCUT2D eigenvalue weighted by molar-refractivity contribution is 0.0977. The standard InChI is InChI=1S/C26H33N5O/c1-7-31-20(6)24(19(5)30-31)16-27-26(28-23-13-11-21(12-14-23)17(2)3)29-25(32)22-10-8-9-18(4)15-22/h8-15,17H,7,16H2,1-6H3,(H2,27,28,29,32). The van der Waals surface area contributed by atoms with Gasteiger partial charge in [0.25, 0.3) is 5.91 Å². The molecular formula is C26H33N5O. The smallest absolute Gasteiger partial charge is 0.257 e. The lowest BCUT2D eigenvalue weighted by Crippen LogP contribution is -2.36. The average molecular weight is 432 g/mol. The number of carbonyl (C=O) groups excluding carboxylic acids is 1. The van der Waals surface area contributed by atoms with E-state index < -0.39 is 0 Å². The Bertz CT molecular complexity index is 1110. The minimum Gasteiger partial charge on any atom is -0.326 e. The summed E-state index contributed by atoms with van der Waals surface area (Å²) >= 11 is 0. The maximum Gasteiger partial charge on any atom is 0.257 e. The molecule has 0 atom stereocenters. The molecule has 0 fully saturated rings. The summed E-state index contributed by atoms with van der Waals surface area (Å²) in [5.41, 5.74) is 6.89. The zero-order valence-electron chi connectivity index (χ0n) is 19.9. The Balaban J connectivity index is 1.86. The summed E-state index contributed by atoms with van der Waals surface area (Å²) in [6, 6.07) is 15.7. The topological polar surface area (TPSA) is 71.3 Å². The summed E-state index contributed by atoms with van der Waals surface area (Å²) in [4.78, 5) is 17.6. The molecule has 1 amide bonds. The summed E-state index contributed by atoms with van der Waals surface area (Å²) in [6.07, 6.45) is 0. The van der Waals surface area contributed by atoms with E-state index in [-0.39, 0.29) is 5.91 Å². The average Bonchev–Trinajstić information content (AvgIpc) is 3.05. The number of benzene rings is 2. The summed E-state index contributed by atoms with van der Waals surface area (Å²) in [6.45, 7) is 13.7. The third kappa shape index (κ3) is 5.63. The van der Waals surface area contributed by atoms with Crippen LogP contribution in [0.4, 0.5) is 5.69 Å². The SMILES string of the molecule is CCn1nc(C)c(CN=C(NC(=O)c2cccc(C)c2)Nc2ccc(C(C)C)cc2)c1C. The number of amides is 1. The molecule has 6 nitrogen and oxygen atoms in total.